The third-order valence-electron chi connectivity index (χ3n) is 3.96. The summed E-state index contributed by atoms with van der Waals surface area (Å²) < 4.78 is 7.66. The van der Waals surface area contributed by atoms with Gasteiger partial charge in [0.2, 0.25) is 5.95 Å². The van der Waals surface area contributed by atoms with Crippen LogP contribution in [0.2, 0.25) is 0 Å². The molecule has 1 unspecified atom stereocenters. The minimum atomic E-state index is 0.473. The molecule has 0 aromatic carbocycles. The molecule has 4 nitrogen and oxygen atoms in total. The van der Waals surface area contributed by atoms with Crippen molar-refractivity contribution in [1.29, 1.82) is 0 Å². The molecule has 0 amide bonds. The standard InChI is InChI=1S/C15H27N3O/c1-4-19-11-5-8-16-14-17-9-10-18(14)13-6-7-15(2,3)12-13/h9-10,13H,4-8,11-12H2,1-3H3,(H,16,17). The van der Waals surface area contributed by atoms with E-state index in [-0.39, 0.29) is 0 Å². The summed E-state index contributed by atoms with van der Waals surface area (Å²) in [5, 5.41) is 3.43. The molecule has 4 heteroatoms. The van der Waals surface area contributed by atoms with Gasteiger partial charge in [-0.1, -0.05) is 13.8 Å². The van der Waals surface area contributed by atoms with Gasteiger partial charge in [0.1, 0.15) is 0 Å². The lowest BCUT2D eigenvalue weighted by Crippen LogP contribution is -2.14. The first-order valence-electron chi connectivity index (χ1n) is 7.47. The maximum atomic E-state index is 5.34. The zero-order chi connectivity index (χ0) is 13.7. The predicted octanol–water partition coefficient (Wildman–Crippen LogP) is 3.47. The fourth-order valence-electron chi connectivity index (χ4n) is 2.90. The molecular weight excluding hydrogens is 238 g/mol. The van der Waals surface area contributed by atoms with Gasteiger partial charge >= 0.3 is 0 Å². The second-order valence-corrected chi connectivity index (χ2v) is 6.20. The summed E-state index contributed by atoms with van der Waals surface area (Å²) in [5.74, 6) is 1.01. The molecule has 1 atom stereocenters. The van der Waals surface area contributed by atoms with Crippen LogP contribution in [0.4, 0.5) is 5.95 Å². The lowest BCUT2D eigenvalue weighted by atomic mass is 9.92. The molecule has 108 valence electrons. The van der Waals surface area contributed by atoms with Gasteiger partial charge < -0.3 is 14.6 Å². The summed E-state index contributed by atoms with van der Waals surface area (Å²) in [6, 6.07) is 0.604. The molecule has 1 aromatic heterocycles. The van der Waals surface area contributed by atoms with Crippen LogP contribution in [-0.4, -0.2) is 29.3 Å². The average Bonchev–Trinajstić information content (AvgIpc) is 2.95. The third-order valence-corrected chi connectivity index (χ3v) is 3.96. The van der Waals surface area contributed by atoms with Crippen LogP contribution in [0.3, 0.4) is 0 Å². The van der Waals surface area contributed by atoms with Crippen LogP contribution in [0.15, 0.2) is 12.4 Å². The van der Waals surface area contributed by atoms with Crippen molar-refractivity contribution in [2.24, 2.45) is 5.41 Å². The van der Waals surface area contributed by atoms with E-state index in [1.165, 1.54) is 19.3 Å². The Labute approximate surface area is 116 Å². The molecule has 19 heavy (non-hydrogen) atoms. The van der Waals surface area contributed by atoms with E-state index < -0.39 is 0 Å². The maximum absolute atomic E-state index is 5.34. The summed E-state index contributed by atoms with van der Waals surface area (Å²) in [4.78, 5) is 4.44. The summed E-state index contributed by atoms with van der Waals surface area (Å²) >= 11 is 0. The number of rotatable bonds is 7. The van der Waals surface area contributed by atoms with Crippen LogP contribution in [0, 0.1) is 5.41 Å². The first-order valence-corrected chi connectivity index (χ1v) is 7.47. The third kappa shape index (κ3) is 3.96. The van der Waals surface area contributed by atoms with E-state index in [4.69, 9.17) is 4.74 Å². The van der Waals surface area contributed by atoms with Gasteiger partial charge in [-0.3, -0.25) is 0 Å². The number of hydrogen-bond donors (Lipinski definition) is 1. The molecule has 1 aliphatic rings. The van der Waals surface area contributed by atoms with Gasteiger partial charge in [0.15, 0.2) is 0 Å². The van der Waals surface area contributed by atoms with E-state index in [9.17, 15) is 0 Å². The molecule has 0 bridgehead atoms. The van der Waals surface area contributed by atoms with Crippen LogP contribution in [0.25, 0.3) is 0 Å². The Hall–Kier alpha value is -1.03. The second kappa shape index (κ2) is 6.42. The Kier molecular flexibility index (Phi) is 4.86. The topological polar surface area (TPSA) is 39.1 Å². The molecule has 2 rings (SSSR count). The normalized spacial score (nSPS) is 21.7. The lowest BCUT2D eigenvalue weighted by molar-refractivity contribution is 0.147. The Morgan fingerprint density at radius 3 is 3.05 bits per heavy atom. The highest BCUT2D eigenvalue weighted by molar-refractivity contribution is 5.26. The minimum Gasteiger partial charge on any atom is -0.382 e. The van der Waals surface area contributed by atoms with E-state index >= 15 is 0 Å². The highest BCUT2D eigenvalue weighted by atomic mass is 16.5. The molecule has 1 aliphatic carbocycles. The van der Waals surface area contributed by atoms with Crippen molar-refractivity contribution in [1.82, 2.24) is 9.55 Å². The quantitative estimate of drug-likeness (QED) is 0.767. The number of nitrogens with zero attached hydrogens (tertiary/aromatic N) is 2. The molecule has 1 N–H and O–H groups in total. The van der Waals surface area contributed by atoms with E-state index in [0.717, 1.165) is 32.1 Å². The average molecular weight is 265 g/mol. The van der Waals surface area contributed by atoms with Crippen molar-refractivity contribution in [2.75, 3.05) is 25.1 Å². The first-order chi connectivity index (χ1) is 9.12. The van der Waals surface area contributed by atoms with E-state index in [1.54, 1.807) is 0 Å². The van der Waals surface area contributed by atoms with Crippen LogP contribution in [0.5, 0.6) is 0 Å². The zero-order valence-electron chi connectivity index (χ0n) is 12.5. The molecule has 0 aliphatic heterocycles. The molecule has 0 spiro atoms. The molecule has 1 saturated carbocycles. The highest BCUT2D eigenvalue weighted by Crippen LogP contribution is 2.44. The molecule has 1 fully saturated rings. The summed E-state index contributed by atoms with van der Waals surface area (Å²) in [6.45, 7) is 9.29. The largest absolute Gasteiger partial charge is 0.382 e. The predicted molar refractivity (Wildman–Crippen MR) is 78.5 cm³/mol. The van der Waals surface area contributed by atoms with Crippen LogP contribution < -0.4 is 5.32 Å². The molecule has 1 heterocycles. The first kappa shape index (κ1) is 14.4. The lowest BCUT2D eigenvalue weighted by Gasteiger charge is -2.19. The Morgan fingerprint density at radius 2 is 2.37 bits per heavy atom. The molecule has 1 aromatic rings. The minimum absolute atomic E-state index is 0.473. The second-order valence-electron chi connectivity index (χ2n) is 6.20. The van der Waals surface area contributed by atoms with E-state index in [0.29, 0.717) is 11.5 Å². The molecule has 0 saturated heterocycles. The fraction of sp³-hybridized carbons (Fsp3) is 0.800. The van der Waals surface area contributed by atoms with Gasteiger partial charge in [-0.25, -0.2) is 4.98 Å². The van der Waals surface area contributed by atoms with Crippen molar-refractivity contribution in [3.63, 3.8) is 0 Å². The summed E-state index contributed by atoms with van der Waals surface area (Å²) in [7, 11) is 0. The monoisotopic (exact) mass is 265 g/mol. The number of hydrogen-bond acceptors (Lipinski definition) is 3. The Bertz CT molecular complexity index is 386. The Balaban J connectivity index is 1.84. The van der Waals surface area contributed by atoms with Gasteiger partial charge in [-0.05, 0) is 38.0 Å². The van der Waals surface area contributed by atoms with Gasteiger partial charge in [0.05, 0.1) is 0 Å². The van der Waals surface area contributed by atoms with Gasteiger partial charge in [0, 0.05) is 38.2 Å². The SMILES string of the molecule is CCOCCCNc1nccn1C1CCC(C)(C)C1. The van der Waals surface area contributed by atoms with E-state index in [2.05, 4.69) is 34.9 Å². The summed E-state index contributed by atoms with van der Waals surface area (Å²) in [6.07, 6.45) is 8.84. The van der Waals surface area contributed by atoms with Gasteiger partial charge in [-0.2, -0.15) is 0 Å². The highest BCUT2D eigenvalue weighted by Gasteiger charge is 2.32. The Morgan fingerprint density at radius 1 is 1.53 bits per heavy atom. The van der Waals surface area contributed by atoms with Gasteiger partial charge in [0.25, 0.3) is 0 Å². The van der Waals surface area contributed by atoms with Crippen molar-refractivity contribution < 1.29 is 4.74 Å². The van der Waals surface area contributed by atoms with E-state index in [1.807, 2.05) is 13.1 Å². The number of nitrogens with one attached hydrogen (secondary N) is 1. The fourth-order valence-corrected chi connectivity index (χ4v) is 2.90. The summed E-state index contributed by atoms with van der Waals surface area (Å²) in [5.41, 5.74) is 0.473. The van der Waals surface area contributed by atoms with Crippen molar-refractivity contribution in [3.05, 3.63) is 12.4 Å². The number of imidazole rings is 1. The van der Waals surface area contributed by atoms with Crippen molar-refractivity contribution in [3.8, 4) is 0 Å². The molecular formula is C15H27N3O. The van der Waals surface area contributed by atoms with Gasteiger partial charge in [-0.15, -0.1) is 0 Å². The van der Waals surface area contributed by atoms with Crippen molar-refractivity contribution in [2.45, 2.75) is 52.5 Å². The smallest absolute Gasteiger partial charge is 0.203 e. The number of ether oxygens (including phenoxy) is 1. The zero-order valence-corrected chi connectivity index (χ0v) is 12.5. The van der Waals surface area contributed by atoms with Crippen LogP contribution >= 0.6 is 0 Å². The number of aromatic nitrogens is 2. The van der Waals surface area contributed by atoms with Crippen LogP contribution in [-0.2, 0) is 4.74 Å². The number of anilines is 1. The van der Waals surface area contributed by atoms with Crippen LogP contribution in [0.1, 0.15) is 52.5 Å². The maximum Gasteiger partial charge on any atom is 0.203 e. The molecule has 0 radical (unpaired) electrons. The van der Waals surface area contributed by atoms with Crippen molar-refractivity contribution >= 4 is 5.95 Å².